The van der Waals surface area contributed by atoms with Gasteiger partial charge in [0.1, 0.15) is 39.3 Å². The van der Waals surface area contributed by atoms with Crippen molar-refractivity contribution in [2.75, 3.05) is 40.4 Å². The number of ether oxygens (including phenoxy) is 2. The van der Waals surface area contributed by atoms with E-state index < -0.39 is 0 Å². The molecule has 0 aliphatic carbocycles. The van der Waals surface area contributed by atoms with E-state index in [1.807, 2.05) is 6.07 Å². The SMILES string of the molecule is CCc1ccc(C[NH+]2CC[NH+](Cc3cccc(OC)c3OC)CC2)cc1. The summed E-state index contributed by atoms with van der Waals surface area (Å²) in [6, 6.07) is 15.3. The van der Waals surface area contributed by atoms with Gasteiger partial charge in [-0.1, -0.05) is 37.3 Å². The Kier molecular flexibility index (Phi) is 6.53. The number of methoxy groups -OCH3 is 2. The van der Waals surface area contributed by atoms with Crippen molar-refractivity contribution in [1.82, 2.24) is 0 Å². The lowest BCUT2D eigenvalue weighted by Crippen LogP contribution is -3.27. The Balaban J connectivity index is 1.54. The summed E-state index contributed by atoms with van der Waals surface area (Å²) in [5.74, 6) is 1.71. The van der Waals surface area contributed by atoms with Crippen LogP contribution in [0.1, 0.15) is 23.6 Å². The molecule has 0 amide bonds. The summed E-state index contributed by atoms with van der Waals surface area (Å²) >= 11 is 0. The third-order valence-corrected chi connectivity index (χ3v) is 5.47. The first-order valence-corrected chi connectivity index (χ1v) is 9.68. The first-order chi connectivity index (χ1) is 12.7. The van der Waals surface area contributed by atoms with E-state index in [0.29, 0.717) is 0 Å². The number of hydrogen-bond donors (Lipinski definition) is 2. The maximum atomic E-state index is 5.58. The lowest BCUT2D eigenvalue weighted by atomic mass is 10.1. The van der Waals surface area contributed by atoms with Crippen LogP contribution < -0.4 is 19.3 Å². The summed E-state index contributed by atoms with van der Waals surface area (Å²) in [6.07, 6.45) is 1.11. The van der Waals surface area contributed by atoms with E-state index in [2.05, 4.69) is 43.3 Å². The van der Waals surface area contributed by atoms with Crippen LogP contribution >= 0.6 is 0 Å². The average Bonchev–Trinajstić information content (AvgIpc) is 2.69. The molecule has 2 aromatic rings. The van der Waals surface area contributed by atoms with Gasteiger partial charge in [0.2, 0.25) is 0 Å². The van der Waals surface area contributed by atoms with E-state index in [-0.39, 0.29) is 0 Å². The van der Waals surface area contributed by atoms with Crippen molar-refractivity contribution in [2.24, 2.45) is 0 Å². The molecule has 0 radical (unpaired) electrons. The van der Waals surface area contributed by atoms with Gasteiger partial charge in [0, 0.05) is 5.56 Å². The van der Waals surface area contributed by atoms with Gasteiger partial charge >= 0.3 is 0 Å². The molecule has 2 N–H and O–H groups in total. The van der Waals surface area contributed by atoms with Crippen LogP contribution in [-0.4, -0.2) is 40.4 Å². The molecule has 1 aliphatic rings. The van der Waals surface area contributed by atoms with E-state index in [4.69, 9.17) is 9.47 Å². The van der Waals surface area contributed by atoms with Crippen LogP contribution in [0.4, 0.5) is 0 Å². The van der Waals surface area contributed by atoms with Crippen molar-refractivity contribution < 1.29 is 19.3 Å². The summed E-state index contributed by atoms with van der Waals surface area (Å²) < 4.78 is 11.0. The Morgan fingerprint density at radius 1 is 0.769 bits per heavy atom. The molecule has 0 saturated carbocycles. The third kappa shape index (κ3) is 4.57. The molecule has 1 fully saturated rings. The normalized spacial score (nSPS) is 20.0. The van der Waals surface area contributed by atoms with Crippen molar-refractivity contribution in [3.8, 4) is 11.5 Å². The maximum Gasteiger partial charge on any atom is 0.169 e. The zero-order valence-corrected chi connectivity index (χ0v) is 16.3. The van der Waals surface area contributed by atoms with Gasteiger partial charge in [-0.2, -0.15) is 0 Å². The van der Waals surface area contributed by atoms with Gasteiger partial charge in [-0.05, 0) is 24.1 Å². The maximum absolute atomic E-state index is 5.58. The molecule has 3 rings (SSSR count). The summed E-state index contributed by atoms with van der Waals surface area (Å²) in [4.78, 5) is 3.32. The fraction of sp³-hybridized carbons (Fsp3) is 0.455. The molecule has 0 spiro atoms. The molecule has 1 aliphatic heterocycles. The number of piperazine rings is 1. The van der Waals surface area contributed by atoms with Crippen LogP contribution in [0.25, 0.3) is 0 Å². The second-order valence-corrected chi connectivity index (χ2v) is 7.18. The fourth-order valence-electron chi connectivity index (χ4n) is 3.85. The Labute approximate surface area is 157 Å². The highest BCUT2D eigenvalue weighted by atomic mass is 16.5. The van der Waals surface area contributed by atoms with Crippen molar-refractivity contribution >= 4 is 0 Å². The molecule has 0 unspecified atom stereocenters. The summed E-state index contributed by atoms with van der Waals surface area (Å²) in [5.41, 5.74) is 4.11. The Hall–Kier alpha value is -2.04. The lowest BCUT2D eigenvalue weighted by molar-refractivity contribution is -1.02. The van der Waals surface area contributed by atoms with Crippen LogP contribution in [-0.2, 0) is 19.5 Å². The van der Waals surface area contributed by atoms with Crippen molar-refractivity contribution in [3.05, 3.63) is 59.2 Å². The van der Waals surface area contributed by atoms with Gasteiger partial charge < -0.3 is 19.3 Å². The molecular formula is C22H32N2O2+2. The van der Waals surface area contributed by atoms with E-state index in [0.717, 1.165) is 31.0 Å². The van der Waals surface area contributed by atoms with E-state index in [1.165, 1.54) is 42.9 Å². The van der Waals surface area contributed by atoms with Crippen LogP contribution in [0, 0.1) is 0 Å². The lowest BCUT2D eigenvalue weighted by Gasteiger charge is -2.30. The number of nitrogens with one attached hydrogen (secondary N) is 2. The second-order valence-electron chi connectivity index (χ2n) is 7.18. The molecule has 0 bridgehead atoms. The van der Waals surface area contributed by atoms with Gasteiger partial charge in [-0.15, -0.1) is 0 Å². The first-order valence-electron chi connectivity index (χ1n) is 9.68. The van der Waals surface area contributed by atoms with Crippen LogP contribution in [0.5, 0.6) is 11.5 Å². The third-order valence-electron chi connectivity index (χ3n) is 5.47. The molecule has 26 heavy (non-hydrogen) atoms. The zero-order chi connectivity index (χ0) is 18.4. The minimum atomic E-state index is 0.823. The van der Waals surface area contributed by atoms with E-state index in [1.54, 1.807) is 24.0 Å². The molecule has 0 aromatic heterocycles. The minimum absolute atomic E-state index is 0.823. The van der Waals surface area contributed by atoms with E-state index in [9.17, 15) is 0 Å². The van der Waals surface area contributed by atoms with E-state index >= 15 is 0 Å². The number of hydrogen-bond acceptors (Lipinski definition) is 2. The predicted octanol–water partition coefficient (Wildman–Crippen LogP) is 0.750. The number of rotatable bonds is 7. The molecule has 2 aromatic carbocycles. The largest absolute Gasteiger partial charge is 0.493 e. The molecule has 1 heterocycles. The zero-order valence-electron chi connectivity index (χ0n) is 16.3. The number of aryl methyl sites for hydroxylation is 1. The van der Waals surface area contributed by atoms with Gasteiger partial charge in [-0.3, -0.25) is 0 Å². The fourth-order valence-corrected chi connectivity index (χ4v) is 3.85. The summed E-state index contributed by atoms with van der Waals surface area (Å²) in [7, 11) is 3.42. The number of quaternary nitrogens is 2. The van der Waals surface area contributed by atoms with Crippen LogP contribution in [0.3, 0.4) is 0 Å². The molecule has 1 saturated heterocycles. The van der Waals surface area contributed by atoms with Gasteiger partial charge in [0.05, 0.1) is 19.8 Å². The monoisotopic (exact) mass is 356 g/mol. The molecule has 4 heteroatoms. The van der Waals surface area contributed by atoms with Crippen LogP contribution in [0.2, 0.25) is 0 Å². The molecule has 0 atom stereocenters. The Morgan fingerprint density at radius 2 is 1.38 bits per heavy atom. The smallest absolute Gasteiger partial charge is 0.169 e. The highest BCUT2D eigenvalue weighted by Gasteiger charge is 2.24. The topological polar surface area (TPSA) is 27.3 Å². The number of para-hydroxylation sites is 1. The van der Waals surface area contributed by atoms with Gasteiger partial charge in [0.15, 0.2) is 11.5 Å². The van der Waals surface area contributed by atoms with Crippen molar-refractivity contribution in [2.45, 2.75) is 26.4 Å². The van der Waals surface area contributed by atoms with Gasteiger partial charge in [0.25, 0.3) is 0 Å². The Bertz CT molecular complexity index is 692. The molecular weight excluding hydrogens is 324 g/mol. The predicted molar refractivity (Wildman–Crippen MR) is 104 cm³/mol. The van der Waals surface area contributed by atoms with Crippen molar-refractivity contribution in [1.29, 1.82) is 0 Å². The molecule has 140 valence electrons. The highest BCUT2D eigenvalue weighted by molar-refractivity contribution is 5.46. The van der Waals surface area contributed by atoms with Crippen molar-refractivity contribution in [3.63, 3.8) is 0 Å². The van der Waals surface area contributed by atoms with Gasteiger partial charge in [-0.25, -0.2) is 0 Å². The second kappa shape index (κ2) is 9.06. The first kappa shape index (κ1) is 18.7. The highest BCUT2D eigenvalue weighted by Crippen LogP contribution is 2.30. The standard InChI is InChI=1S/C22H30N2O2/c1-4-18-8-10-19(11-9-18)16-23-12-14-24(15-13-23)17-20-6-5-7-21(25-2)22(20)26-3/h5-11H,4,12-17H2,1-3H3/p+2. The molecule has 4 nitrogen and oxygen atoms in total. The average molecular weight is 357 g/mol. The van der Waals surface area contributed by atoms with Crippen LogP contribution in [0.15, 0.2) is 42.5 Å². The summed E-state index contributed by atoms with van der Waals surface area (Å²) in [6.45, 7) is 9.18. The number of benzene rings is 2. The quantitative estimate of drug-likeness (QED) is 0.766. The minimum Gasteiger partial charge on any atom is -0.493 e. The Morgan fingerprint density at radius 3 is 1.96 bits per heavy atom. The summed E-state index contributed by atoms with van der Waals surface area (Å²) in [5, 5.41) is 0.